The van der Waals surface area contributed by atoms with Gasteiger partial charge in [-0.1, -0.05) is 165 Å². The van der Waals surface area contributed by atoms with Crippen LogP contribution in [-0.4, -0.2) is 6.01 Å². The van der Waals surface area contributed by atoms with E-state index in [-0.39, 0.29) is 22.4 Å². The molecule has 0 bridgehead atoms. The Morgan fingerprint density at radius 2 is 0.863 bits per heavy atom. The summed E-state index contributed by atoms with van der Waals surface area (Å²) in [5, 5.41) is 5.09. The first-order valence-electron chi connectivity index (χ1n) is 18.2. The molecule has 6 aromatic carbocycles. The Morgan fingerprint density at radius 3 is 1.35 bits per heavy atom. The number of fused-ring (bicyclic) bond motifs is 6. The van der Waals surface area contributed by atoms with Crippen molar-refractivity contribution in [2.75, 3.05) is 0 Å². The molecule has 1 aliphatic heterocycles. The maximum Gasteiger partial charge on any atom is 1.00 e. The van der Waals surface area contributed by atoms with Gasteiger partial charge < -0.3 is 4.98 Å². The van der Waals surface area contributed by atoms with Gasteiger partial charge in [-0.25, -0.2) is 0 Å². The average Bonchev–Trinajstić information content (AvgIpc) is 3.70. The molecular weight excluding hydrogens is 804 g/mol. The van der Waals surface area contributed by atoms with Crippen molar-refractivity contribution in [2.45, 2.75) is 79.1 Å². The van der Waals surface area contributed by atoms with Crippen molar-refractivity contribution in [3.63, 3.8) is 0 Å². The Bertz CT molecular complexity index is 2280. The van der Waals surface area contributed by atoms with Gasteiger partial charge in [0.15, 0.2) is 0 Å². The molecule has 0 amide bonds. The summed E-state index contributed by atoms with van der Waals surface area (Å²) < 4.78 is 4.64. The van der Waals surface area contributed by atoms with Gasteiger partial charge in [0.05, 0.1) is 0 Å². The molecule has 0 aliphatic carbocycles. The summed E-state index contributed by atoms with van der Waals surface area (Å²) in [6.07, 6.45) is 0. The first-order chi connectivity index (χ1) is 24.2. The molecule has 51 heavy (non-hydrogen) atoms. The molecule has 2 heterocycles. The number of hydrogen-bond acceptors (Lipinski definition) is 0. The van der Waals surface area contributed by atoms with Crippen molar-refractivity contribution in [3.05, 3.63) is 144 Å². The topological polar surface area (TPSA) is 20.1 Å². The smallest absolute Gasteiger partial charge is 0.657 e. The number of rotatable bonds is 6. The Balaban J connectivity index is 0.000000207. The maximum atomic E-state index is 4.67. The van der Waals surface area contributed by atoms with Crippen molar-refractivity contribution >= 4 is 61.3 Å². The molecule has 1 aromatic heterocycles. The van der Waals surface area contributed by atoms with Crippen LogP contribution in [0.4, 0.5) is 22.7 Å². The Labute approximate surface area is 318 Å². The number of para-hydroxylation sites is 5. The fourth-order valence-corrected chi connectivity index (χ4v) is 7.48. The Kier molecular flexibility index (Phi) is 10.7. The van der Waals surface area contributed by atoms with Crippen LogP contribution in [0.3, 0.4) is 0 Å². The van der Waals surface area contributed by atoms with Crippen LogP contribution in [0.15, 0.2) is 121 Å². The third kappa shape index (κ3) is 6.68. The molecule has 4 heteroatoms. The quantitative estimate of drug-likeness (QED) is 0.121. The van der Waals surface area contributed by atoms with Gasteiger partial charge in [0.2, 0.25) is 11.4 Å². The molecule has 7 aromatic rings. The fraction of sp³-hybridized carbons (Fsp3) is 0.255. The van der Waals surface area contributed by atoms with Gasteiger partial charge in [-0.3, -0.25) is 0 Å². The zero-order valence-electron chi connectivity index (χ0n) is 31.0. The SMILES string of the molecule is CC(C)c1cccc(C(C)C)c1[N+]1=C=[N+](c2c(C(C)C)cccc2C(C)C)c2ccccc21.[Au+].c1ccc2c(c1)ccc1[n-]c3ccccc3c12. The van der Waals surface area contributed by atoms with Crippen LogP contribution in [0.5, 0.6) is 0 Å². The summed E-state index contributed by atoms with van der Waals surface area (Å²) in [5.74, 6) is 1.71. The van der Waals surface area contributed by atoms with E-state index < -0.39 is 0 Å². The second-order valence-electron chi connectivity index (χ2n) is 14.8. The number of hydrogen-bond donors (Lipinski definition) is 0. The molecule has 0 fully saturated rings. The summed E-state index contributed by atoms with van der Waals surface area (Å²) in [7, 11) is 0. The Hall–Kier alpha value is -4.50. The number of aromatic nitrogens is 1. The predicted octanol–water partition coefficient (Wildman–Crippen LogP) is 13.1. The van der Waals surface area contributed by atoms with E-state index in [1.165, 1.54) is 66.5 Å². The molecule has 0 atom stereocenters. The van der Waals surface area contributed by atoms with Crippen LogP contribution in [0.1, 0.15) is 101 Å². The second-order valence-corrected chi connectivity index (χ2v) is 14.8. The van der Waals surface area contributed by atoms with E-state index >= 15 is 0 Å². The summed E-state index contributed by atoms with van der Waals surface area (Å²) in [6, 6.07) is 47.2. The second kappa shape index (κ2) is 15.0. The summed E-state index contributed by atoms with van der Waals surface area (Å²) in [4.78, 5) is 4.67. The normalized spacial score (nSPS) is 12.4. The molecule has 0 radical (unpaired) electrons. The monoisotopic (exact) mass is 851 g/mol. The van der Waals surface area contributed by atoms with Crippen LogP contribution in [-0.2, 0) is 22.4 Å². The summed E-state index contributed by atoms with van der Waals surface area (Å²) in [6.45, 7) is 18.3. The summed E-state index contributed by atoms with van der Waals surface area (Å²) in [5.41, 5.74) is 12.6. The van der Waals surface area contributed by atoms with Crippen molar-refractivity contribution in [1.29, 1.82) is 0 Å². The van der Waals surface area contributed by atoms with E-state index in [1.54, 1.807) is 0 Å². The van der Waals surface area contributed by atoms with Crippen molar-refractivity contribution < 1.29 is 22.4 Å². The van der Waals surface area contributed by atoms with Crippen LogP contribution in [0.25, 0.3) is 32.6 Å². The predicted molar refractivity (Wildman–Crippen MR) is 216 cm³/mol. The summed E-state index contributed by atoms with van der Waals surface area (Å²) >= 11 is 0. The molecule has 0 spiro atoms. The molecule has 0 saturated carbocycles. The zero-order chi connectivity index (χ0) is 35.1. The first kappa shape index (κ1) is 36.3. The van der Waals surface area contributed by atoms with E-state index in [0.717, 1.165) is 11.0 Å². The van der Waals surface area contributed by atoms with Gasteiger partial charge >= 0.3 is 28.4 Å². The van der Waals surface area contributed by atoms with E-state index in [4.69, 9.17) is 0 Å². The van der Waals surface area contributed by atoms with Crippen molar-refractivity contribution in [3.8, 4) is 0 Å². The minimum Gasteiger partial charge on any atom is -0.657 e. The largest absolute Gasteiger partial charge is 1.00 e. The minimum atomic E-state index is 0. The molecule has 3 nitrogen and oxygen atoms in total. The van der Waals surface area contributed by atoms with E-state index in [1.807, 2.05) is 6.07 Å². The number of benzene rings is 6. The fourth-order valence-electron chi connectivity index (χ4n) is 7.48. The standard InChI is InChI=1S/C31H38N2.C16H10N.Au/c1-20(2)24-13-11-14-25(21(3)4)30(24)32-19-33(29-18-10-9-17-28(29)32)31-26(22(5)6)15-12-16-27(31)23(7)8;1-2-6-12-11(5-1)9-10-15-16(12)13-7-3-4-8-14(13)17-15;/h9-18,20-23H,1-8H3;1-10H;/q+2;-1;+1. The van der Waals surface area contributed by atoms with Crippen LogP contribution in [0.2, 0.25) is 0 Å². The van der Waals surface area contributed by atoms with Crippen LogP contribution < -0.4 is 14.1 Å². The molecule has 8 rings (SSSR count). The minimum absolute atomic E-state index is 0. The van der Waals surface area contributed by atoms with Gasteiger partial charge in [-0.15, -0.1) is 11.0 Å². The molecule has 260 valence electrons. The van der Waals surface area contributed by atoms with Gasteiger partial charge in [-0.05, 0) is 54.4 Å². The third-order valence-corrected chi connectivity index (χ3v) is 10.0. The van der Waals surface area contributed by atoms with E-state index in [2.05, 4.69) is 191 Å². The number of nitrogens with zero attached hydrogens (tertiary/aromatic N) is 3. The Morgan fingerprint density at radius 1 is 0.431 bits per heavy atom. The average molecular weight is 852 g/mol. The van der Waals surface area contributed by atoms with Gasteiger partial charge in [0.25, 0.3) is 11.4 Å². The maximum absolute atomic E-state index is 4.67. The molecule has 1 aliphatic rings. The van der Waals surface area contributed by atoms with Crippen LogP contribution in [0, 0.1) is 0 Å². The van der Waals surface area contributed by atoms with E-state index in [9.17, 15) is 0 Å². The van der Waals surface area contributed by atoms with Crippen LogP contribution >= 0.6 is 0 Å². The van der Waals surface area contributed by atoms with Gasteiger partial charge in [0, 0.05) is 34.4 Å². The zero-order valence-corrected chi connectivity index (χ0v) is 33.2. The first-order valence-corrected chi connectivity index (χ1v) is 18.2. The molecular formula is C47H48AuN3+2. The molecule has 0 unspecified atom stereocenters. The van der Waals surface area contributed by atoms with E-state index in [0.29, 0.717) is 23.7 Å². The molecule has 0 N–H and O–H groups in total. The van der Waals surface area contributed by atoms with Gasteiger partial charge in [0.1, 0.15) is 0 Å². The van der Waals surface area contributed by atoms with Crippen molar-refractivity contribution in [2.24, 2.45) is 0 Å². The molecule has 0 saturated heterocycles. The van der Waals surface area contributed by atoms with Crippen molar-refractivity contribution in [1.82, 2.24) is 14.1 Å². The third-order valence-electron chi connectivity index (χ3n) is 10.0. The van der Waals surface area contributed by atoms with Gasteiger partial charge in [-0.2, -0.15) is 0 Å².